The molecule has 0 spiro atoms. The van der Waals surface area contributed by atoms with Crippen LogP contribution in [0.1, 0.15) is 12.1 Å². The highest BCUT2D eigenvalue weighted by Crippen LogP contribution is 2.18. The Kier molecular flexibility index (Phi) is 5.32. The molecule has 5 heteroatoms. The van der Waals surface area contributed by atoms with E-state index in [2.05, 4.69) is 17.2 Å². The monoisotopic (exact) mass is 263 g/mol. The Morgan fingerprint density at radius 3 is 2.84 bits per heavy atom. The van der Waals surface area contributed by atoms with Crippen LogP contribution in [0.3, 0.4) is 0 Å². The van der Waals surface area contributed by atoms with Gasteiger partial charge >= 0.3 is 0 Å². The first-order valence-electron chi connectivity index (χ1n) is 6.58. The van der Waals surface area contributed by atoms with E-state index < -0.39 is 0 Å². The number of rotatable bonds is 8. The van der Waals surface area contributed by atoms with Crippen molar-refractivity contribution >= 4 is 10.9 Å². The van der Waals surface area contributed by atoms with Crippen molar-refractivity contribution in [2.75, 3.05) is 26.9 Å². The Morgan fingerprint density at radius 2 is 2.05 bits per heavy atom. The van der Waals surface area contributed by atoms with E-state index in [1.165, 1.54) is 0 Å². The van der Waals surface area contributed by atoms with Crippen LogP contribution in [0.2, 0.25) is 0 Å². The van der Waals surface area contributed by atoms with Gasteiger partial charge in [0.15, 0.2) is 0 Å². The number of nitrogens with two attached hydrogens (primary N) is 1. The van der Waals surface area contributed by atoms with Gasteiger partial charge in [0.1, 0.15) is 0 Å². The first kappa shape index (κ1) is 14.0. The highest BCUT2D eigenvalue weighted by molar-refractivity contribution is 5.81. The lowest BCUT2D eigenvalue weighted by molar-refractivity contribution is 0.0678. The van der Waals surface area contributed by atoms with Gasteiger partial charge in [0.25, 0.3) is 0 Å². The SMILES string of the molecule is COCCOCCCn1nc(CN)c2ccccc21. The lowest BCUT2D eigenvalue weighted by atomic mass is 10.2. The number of hydrogen-bond acceptors (Lipinski definition) is 4. The standard InChI is InChI=1S/C14H21N3O2/c1-18-9-10-19-8-4-7-17-14-6-3-2-5-12(14)13(11-15)16-17/h2-3,5-6H,4,7-11,15H2,1H3. The maximum absolute atomic E-state index is 5.72. The Morgan fingerprint density at radius 1 is 1.21 bits per heavy atom. The van der Waals surface area contributed by atoms with Gasteiger partial charge in [-0.1, -0.05) is 18.2 Å². The van der Waals surface area contributed by atoms with Gasteiger partial charge in [-0.15, -0.1) is 0 Å². The number of hydrogen-bond donors (Lipinski definition) is 1. The summed E-state index contributed by atoms with van der Waals surface area (Å²) in [5.74, 6) is 0. The molecule has 0 radical (unpaired) electrons. The predicted octanol–water partition coefficient (Wildman–Crippen LogP) is 1.55. The largest absolute Gasteiger partial charge is 0.382 e. The summed E-state index contributed by atoms with van der Waals surface area (Å²) in [6.45, 7) is 3.31. The van der Waals surface area contributed by atoms with Crippen LogP contribution in [0.15, 0.2) is 24.3 Å². The predicted molar refractivity (Wildman–Crippen MR) is 74.9 cm³/mol. The van der Waals surface area contributed by atoms with Crippen molar-refractivity contribution in [3.63, 3.8) is 0 Å². The summed E-state index contributed by atoms with van der Waals surface area (Å²) in [5, 5.41) is 5.70. The van der Waals surface area contributed by atoms with Gasteiger partial charge in [0.2, 0.25) is 0 Å². The third-order valence-corrected chi connectivity index (χ3v) is 3.02. The second kappa shape index (κ2) is 7.23. The molecule has 0 bridgehead atoms. The second-order valence-corrected chi connectivity index (χ2v) is 4.35. The molecule has 0 aliphatic rings. The van der Waals surface area contributed by atoms with Gasteiger partial charge < -0.3 is 15.2 Å². The van der Waals surface area contributed by atoms with Gasteiger partial charge in [-0.3, -0.25) is 4.68 Å². The summed E-state index contributed by atoms with van der Waals surface area (Å²) in [4.78, 5) is 0. The lowest BCUT2D eigenvalue weighted by Gasteiger charge is -2.05. The average Bonchev–Trinajstić information content (AvgIpc) is 2.81. The molecular weight excluding hydrogens is 242 g/mol. The van der Waals surface area contributed by atoms with Crippen LogP contribution >= 0.6 is 0 Å². The Bertz CT molecular complexity index is 510. The van der Waals surface area contributed by atoms with Crippen molar-refractivity contribution in [3.05, 3.63) is 30.0 Å². The van der Waals surface area contributed by atoms with Crippen molar-refractivity contribution in [1.29, 1.82) is 0 Å². The van der Waals surface area contributed by atoms with Crippen molar-refractivity contribution in [1.82, 2.24) is 9.78 Å². The molecule has 104 valence electrons. The Balaban J connectivity index is 1.93. The molecule has 2 N–H and O–H groups in total. The molecule has 5 nitrogen and oxygen atoms in total. The van der Waals surface area contributed by atoms with Crippen LogP contribution in [-0.2, 0) is 22.6 Å². The Labute approximate surface area is 113 Å². The minimum Gasteiger partial charge on any atom is -0.382 e. The summed E-state index contributed by atoms with van der Waals surface area (Å²) < 4.78 is 12.4. The van der Waals surface area contributed by atoms with E-state index in [0.29, 0.717) is 19.8 Å². The molecule has 1 aromatic heterocycles. The van der Waals surface area contributed by atoms with E-state index in [1.54, 1.807) is 7.11 Å². The van der Waals surface area contributed by atoms with Crippen LogP contribution < -0.4 is 5.73 Å². The molecular formula is C14H21N3O2. The zero-order valence-electron chi connectivity index (χ0n) is 11.3. The van der Waals surface area contributed by atoms with E-state index in [0.717, 1.165) is 36.2 Å². The van der Waals surface area contributed by atoms with Crippen LogP contribution in [0.5, 0.6) is 0 Å². The van der Waals surface area contributed by atoms with Gasteiger partial charge in [-0.2, -0.15) is 5.10 Å². The first-order chi connectivity index (χ1) is 9.36. The van der Waals surface area contributed by atoms with Crippen LogP contribution in [0, 0.1) is 0 Å². The van der Waals surface area contributed by atoms with Crippen LogP contribution in [0.25, 0.3) is 10.9 Å². The molecule has 2 rings (SSSR count). The molecule has 2 aromatic rings. The van der Waals surface area contributed by atoms with E-state index >= 15 is 0 Å². The maximum Gasteiger partial charge on any atom is 0.0838 e. The zero-order chi connectivity index (χ0) is 13.5. The number of aromatic nitrogens is 2. The highest BCUT2D eigenvalue weighted by atomic mass is 16.5. The number of ether oxygens (including phenoxy) is 2. The number of nitrogens with zero attached hydrogens (tertiary/aromatic N) is 2. The Hall–Kier alpha value is -1.43. The molecule has 0 saturated heterocycles. The van der Waals surface area contributed by atoms with Gasteiger partial charge in [0.05, 0.1) is 24.4 Å². The fourth-order valence-corrected chi connectivity index (χ4v) is 2.08. The molecule has 0 unspecified atom stereocenters. The van der Waals surface area contributed by atoms with Crippen molar-refractivity contribution in [3.8, 4) is 0 Å². The van der Waals surface area contributed by atoms with E-state index in [-0.39, 0.29) is 0 Å². The van der Waals surface area contributed by atoms with E-state index in [4.69, 9.17) is 15.2 Å². The quantitative estimate of drug-likeness (QED) is 0.734. The molecule has 0 aliphatic heterocycles. The van der Waals surface area contributed by atoms with Gasteiger partial charge in [-0.25, -0.2) is 0 Å². The molecule has 0 fully saturated rings. The summed E-state index contributed by atoms with van der Waals surface area (Å²) in [6.07, 6.45) is 0.930. The number of methoxy groups -OCH3 is 1. The van der Waals surface area contributed by atoms with Crippen molar-refractivity contribution in [2.24, 2.45) is 5.73 Å². The maximum atomic E-state index is 5.72. The minimum atomic E-state index is 0.470. The topological polar surface area (TPSA) is 62.3 Å². The lowest BCUT2D eigenvalue weighted by Crippen LogP contribution is -2.08. The average molecular weight is 263 g/mol. The molecule has 0 amide bonds. The third-order valence-electron chi connectivity index (χ3n) is 3.02. The highest BCUT2D eigenvalue weighted by Gasteiger charge is 2.07. The number of aryl methyl sites for hydroxylation is 1. The zero-order valence-corrected chi connectivity index (χ0v) is 11.3. The van der Waals surface area contributed by atoms with Gasteiger partial charge in [0, 0.05) is 32.2 Å². The number of para-hydroxylation sites is 1. The number of fused-ring (bicyclic) bond motifs is 1. The summed E-state index contributed by atoms with van der Waals surface area (Å²) in [5.41, 5.74) is 7.82. The summed E-state index contributed by atoms with van der Waals surface area (Å²) in [6, 6.07) is 8.18. The normalized spacial score (nSPS) is 11.3. The summed E-state index contributed by atoms with van der Waals surface area (Å²) in [7, 11) is 1.67. The molecule has 19 heavy (non-hydrogen) atoms. The molecule has 0 atom stereocenters. The second-order valence-electron chi connectivity index (χ2n) is 4.35. The fourth-order valence-electron chi connectivity index (χ4n) is 2.08. The molecule has 1 heterocycles. The molecule has 0 aliphatic carbocycles. The minimum absolute atomic E-state index is 0.470. The molecule has 1 aromatic carbocycles. The third kappa shape index (κ3) is 3.53. The van der Waals surface area contributed by atoms with E-state index in [9.17, 15) is 0 Å². The van der Waals surface area contributed by atoms with Gasteiger partial charge in [-0.05, 0) is 12.5 Å². The smallest absolute Gasteiger partial charge is 0.0838 e. The van der Waals surface area contributed by atoms with Crippen molar-refractivity contribution in [2.45, 2.75) is 19.5 Å². The molecule has 0 saturated carbocycles. The van der Waals surface area contributed by atoms with Crippen LogP contribution in [0.4, 0.5) is 0 Å². The van der Waals surface area contributed by atoms with E-state index in [1.807, 2.05) is 16.8 Å². The van der Waals surface area contributed by atoms with Crippen LogP contribution in [-0.4, -0.2) is 36.7 Å². The summed E-state index contributed by atoms with van der Waals surface area (Å²) >= 11 is 0. The number of benzene rings is 1. The fraction of sp³-hybridized carbons (Fsp3) is 0.500. The van der Waals surface area contributed by atoms with Crippen molar-refractivity contribution < 1.29 is 9.47 Å². The first-order valence-corrected chi connectivity index (χ1v) is 6.58.